The van der Waals surface area contributed by atoms with Gasteiger partial charge in [-0.15, -0.1) is 11.6 Å². The van der Waals surface area contributed by atoms with E-state index in [2.05, 4.69) is 21.8 Å². The minimum absolute atomic E-state index is 0.479. The molecule has 1 aliphatic heterocycles. The van der Waals surface area contributed by atoms with E-state index in [4.69, 9.17) is 11.6 Å². The average molecular weight is 244 g/mol. The predicted molar refractivity (Wildman–Crippen MR) is 65.7 cm³/mol. The van der Waals surface area contributed by atoms with Crippen LogP contribution in [0.2, 0.25) is 0 Å². The van der Waals surface area contributed by atoms with Crippen LogP contribution in [0.25, 0.3) is 0 Å². The molecule has 0 spiro atoms. The number of nitrogens with zero attached hydrogens (tertiary/aromatic N) is 3. The molecule has 1 fully saturated rings. The minimum Gasteiger partial charge on any atom is -0.352 e. The van der Waals surface area contributed by atoms with Crippen molar-refractivity contribution in [2.75, 3.05) is 23.0 Å². The van der Waals surface area contributed by atoms with E-state index in [0.717, 1.165) is 29.4 Å². The third kappa shape index (κ3) is 2.37. The average Bonchev–Trinajstić information content (AvgIpc) is 2.30. The van der Waals surface area contributed by atoms with Gasteiger partial charge in [-0.2, -0.15) is 11.8 Å². The standard InChI is InChI=1S/C10H14ClN3S/c1-8-6-15-3-2-14(8)10-9(4-11)5-12-7-13-10/h5,7-8H,2-4,6H2,1H3. The van der Waals surface area contributed by atoms with Crippen LogP contribution in [-0.4, -0.2) is 34.1 Å². The molecule has 1 atom stereocenters. The number of anilines is 1. The van der Waals surface area contributed by atoms with Crippen LogP contribution in [-0.2, 0) is 5.88 Å². The highest BCUT2D eigenvalue weighted by atomic mass is 35.5. The van der Waals surface area contributed by atoms with Crippen LogP contribution in [0.1, 0.15) is 12.5 Å². The van der Waals surface area contributed by atoms with Crippen LogP contribution in [0.5, 0.6) is 0 Å². The summed E-state index contributed by atoms with van der Waals surface area (Å²) in [4.78, 5) is 10.7. The number of alkyl halides is 1. The van der Waals surface area contributed by atoms with Crippen molar-refractivity contribution in [1.29, 1.82) is 0 Å². The van der Waals surface area contributed by atoms with Gasteiger partial charge in [-0.3, -0.25) is 0 Å². The van der Waals surface area contributed by atoms with Gasteiger partial charge in [0.05, 0.1) is 5.88 Å². The molecule has 0 saturated carbocycles. The third-order valence-corrected chi connectivity index (χ3v) is 4.03. The Morgan fingerprint density at radius 2 is 2.53 bits per heavy atom. The van der Waals surface area contributed by atoms with Crippen molar-refractivity contribution in [3.05, 3.63) is 18.1 Å². The third-order valence-electron chi connectivity index (χ3n) is 2.55. The molecule has 82 valence electrons. The van der Waals surface area contributed by atoms with E-state index in [1.165, 1.54) is 0 Å². The van der Waals surface area contributed by atoms with Crippen LogP contribution in [0.4, 0.5) is 5.82 Å². The van der Waals surface area contributed by atoms with E-state index in [1.807, 2.05) is 18.0 Å². The Balaban J connectivity index is 2.26. The molecule has 1 aromatic rings. The fourth-order valence-corrected chi connectivity index (χ4v) is 2.95. The van der Waals surface area contributed by atoms with Gasteiger partial charge in [-0.05, 0) is 6.92 Å². The molecule has 1 unspecified atom stereocenters. The highest BCUT2D eigenvalue weighted by Gasteiger charge is 2.21. The molecule has 1 aromatic heterocycles. The second-order valence-corrected chi connectivity index (χ2v) is 5.04. The van der Waals surface area contributed by atoms with Crippen molar-refractivity contribution >= 4 is 29.2 Å². The Labute approximate surface area is 99.2 Å². The van der Waals surface area contributed by atoms with E-state index < -0.39 is 0 Å². The van der Waals surface area contributed by atoms with Crippen LogP contribution in [0, 0.1) is 0 Å². The van der Waals surface area contributed by atoms with Crippen molar-refractivity contribution in [3.8, 4) is 0 Å². The fourth-order valence-electron chi connectivity index (χ4n) is 1.75. The summed E-state index contributed by atoms with van der Waals surface area (Å²) >= 11 is 7.88. The first-order valence-corrected chi connectivity index (χ1v) is 6.71. The summed E-state index contributed by atoms with van der Waals surface area (Å²) in [5.74, 6) is 3.81. The van der Waals surface area contributed by atoms with Crippen molar-refractivity contribution in [3.63, 3.8) is 0 Å². The molecule has 0 aliphatic carbocycles. The summed E-state index contributed by atoms with van der Waals surface area (Å²) in [5.41, 5.74) is 1.03. The Bertz CT molecular complexity index is 334. The Kier molecular flexibility index (Phi) is 3.70. The molecule has 2 heterocycles. The van der Waals surface area contributed by atoms with Crippen molar-refractivity contribution in [2.45, 2.75) is 18.8 Å². The maximum Gasteiger partial charge on any atom is 0.136 e. The molecular formula is C10H14ClN3S. The molecule has 1 aliphatic rings. The van der Waals surface area contributed by atoms with E-state index in [-0.39, 0.29) is 0 Å². The lowest BCUT2D eigenvalue weighted by Gasteiger charge is -2.34. The fraction of sp³-hybridized carbons (Fsp3) is 0.600. The lowest BCUT2D eigenvalue weighted by molar-refractivity contribution is 0.685. The smallest absolute Gasteiger partial charge is 0.136 e. The van der Waals surface area contributed by atoms with E-state index in [0.29, 0.717) is 11.9 Å². The quantitative estimate of drug-likeness (QED) is 0.745. The zero-order valence-electron chi connectivity index (χ0n) is 8.69. The Hall–Kier alpha value is -0.480. The first-order chi connectivity index (χ1) is 7.33. The number of halogens is 1. The van der Waals surface area contributed by atoms with Gasteiger partial charge in [-0.1, -0.05) is 0 Å². The minimum atomic E-state index is 0.479. The highest BCUT2D eigenvalue weighted by Crippen LogP contribution is 2.25. The molecule has 0 amide bonds. The summed E-state index contributed by atoms with van der Waals surface area (Å²) in [6, 6.07) is 0.528. The zero-order chi connectivity index (χ0) is 10.7. The second-order valence-electron chi connectivity index (χ2n) is 3.62. The van der Waals surface area contributed by atoms with Gasteiger partial charge < -0.3 is 4.90 Å². The van der Waals surface area contributed by atoms with Gasteiger partial charge in [0, 0.05) is 35.9 Å². The maximum atomic E-state index is 5.89. The SMILES string of the molecule is CC1CSCCN1c1ncncc1CCl. The molecule has 15 heavy (non-hydrogen) atoms. The summed E-state index contributed by atoms with van der Waals surface area (Å²) in [5, 5.41) is 0. The van der Waals surface area contributed by atoms with Gasteiger partial charge in [0.2, 0.25) is 0 Å². The number of thioether (sulfide) groups is 1. The molecule has 3 nitrogen and oxygen atoms in total. The summed E-state index contributed by atoms with van der Waals surface area (Å²) in [7, 11) is 0. The molecule has 5 heteroatoms. The molecule has 1 saturated heterocycles. The molecular weight excluding hydrogens is 230 g/mol. The van der Waals surface area contributed by atoms with Crippen LogP contribution in [0.15, 0.2) is 12.5 Å². The first kappa shape index (κ1) is 11.0. The van der Waals surface area contributed by atoms with Gasteiger partial charge in [0.1, 0.15) is 12.1 Å². The maximum absolute atomic E-state index is 5.89. The first-order valence-electron chi connectivity index (χ1n) is 5.02. The summed E-state index contributed by atoms with van der Waals surface area (Å²) in [6.07, 6.45) is 3.41. The van der Waals surface area contributed by atoms with Gasteiger partial charge in [0.15, 0.2) is 0 Å². The molecule has 0 N–H and O–H groups in total. The molecule has 0 bridgehead atoms. The van der Waals surface area contributed by atoms with Gasteiger partial charge >= 0.3 is 0 Å². The Morgan fingerprint density at radius 1 is 1.67 bits per heavy atom. The van der Waals surface area contributed by atoms with E-state index in [1.54, 1.807) is 6.33 Å². The topological polar surface area (TPSA) is 29.0 Å². The summed E-state index contributed by atoms with van der Waals surface area (Å²) in [6.45, 7) is 3.28. The molecule has 2 rings (SSSR count). The largest absolute Gasteiger partial charge is 0.352 e. The van der Waals surface area contributed by atoms with Crippen LogP contribution < -0.4 is 4.90 Å². The lowest BCUT2D eigenvalue weighted by Crippen LogP contribution is -2.41. The number of rotatable bonds is 2. The van der Waals surface area contributed by atoms with Gasteiger partial charge in [-0.25, -0.2) is 9.97 Å². The summed E-state index contributed by atoms with van der Waals surface area (Å²) < 4.78 is 0. The van der Waals surface area contributed by atoms with E-state index >= 15 is 0 Å². The second kappa shape index (κ2) is 5.03. The normalized spacial score (nSPS) is 21.7. The number of aromatic nitrogens is 2. The van der Waals surface area contributed by atoms with Crippen molar-refractivity contribution < 1.29 is 0 Å². The number of hydrogen-bond donors (Lipinski definition) is 0. The van der Waals surface area contributed by atoms with Crippen LogP contribution >= 0.6 is 23.4 Å². The van der Waals surface area contributed by atoms with Crippen LogP contribution in [0.3, 0.4) is 0 Å². The van der Waals surface area contributed by atoms with E-state index in [9.17, 15) is 0 Å². The highest BCUT2D eigenvalue weighted by molar-refractivity contribution is 7.99. The number of hydrogen-bond acceptors (Lipinski definition) is 4. The monoisotopic (exact) mass is 243 g/mol. The van der Waals surface area contributed by atoms with Crippen molar-refractivity contribution in [2.24, 2.45) is 0 Å². The Morgan fingerprint density at radius 3 is 3.27 bits per heavy atom. The lowest BCUT2D eigenvalue weighted by atomic mass is 10.2. The zero-order valence-corrected chi connectivity index (χ0v) is 10.3. The predicted octanol–water partition coefficient (Wildman–Crippen LogP) is 2.16. The van der Waals surface area contributed by atoms with Crippen molar-refractivity contribution in [1.82, 2.24) is 9.97 Å². The van der Waals surface area contributed by atoms with Gasteiger partial charge in [0.25, 0.3) is 0 Å². The molecule has 0 aromatic carbocycles. The molecule has 0 radical (unpaired) electrons.